The maximum atomic E-state index is 4.22. The molecule has 0 N–H and O–H groups in total. The van der Waals surface area contributed by atoms with E-state index < -0.39 is 0 Å². The molecule has 0 aromatic heterocycles. The highest BCUT2D eigenvalue weighted by Gasteiger charge is 1.90. The molecule has 0 aliphatic heterocycles. The molecule has 0 bridgehead atoms. The van der Waals surface area contributed by atoms with E-state index >= 15 is 0 Å². The molecule has 0 saturated heterocycles. The van der Waals surface area contributed by atoms with Gasteiger partial charge in [-0.1, -0.05) is 12.1 Å². The molecule has 10 heavy (non-hydrogen) atoms. The first-order chi connectivity index (χ1) is 4.84. The minimum atomic E-state index is 0.917. The van der Waals surface area contributed by atoms with Gasteiger partial charge in [-0.3, -0.25) is 4.99 Å². The average molecular weight is 151 g/mol. The van der Waals surface area contributed by atoms with Crippen molar-refractivity contribution in [3.8, 4) is 0 Å². The summed E-state index contributed by atoms with van der Waals surface area (Å²) in [5.74, 6) is 0. The van der Waals surface area contributed by atoms with Gasteiger partial charge in [-0.15, -0.1) is 12.6 Å². The highest BCUT2D eigenvalue weighted by molar-refractivity contribution is 7.80. The fraction of sp³-hybridized carbons (Fsp3) is 0.125. The number of nitrogens with zero attached hydrogens (tertiary/aromatic N) is 1. The molecule has 0 amide bonds. The highest BCUT2D eigenvalue weighted by Crippen LogP contribution is 2.20. The number of hydrogen-bond donors (Lipinski definition) is 1. The van der Waals surface area contributed by atoms with E-state index in [1.807, 2.05) is 31.2 Å². The molecule has 0 atom stereocenters. The van der Waals surface area contributed by atoms with Gasteiger partial charge in [0.05, 0.1) is 5.69 Å². The number of rotatable bonds is 1. The third-order valence-electron chi connectivity index (χ3n) is 1.15. The fourth-order valence-corrected chi connectivity index (χ4v) is 0.931. The second-order valence-corrected chi connectivity index (χ2v) is 2.36. The molecule has 0 aliphatic rings. The number of benzene rings is 1. The van der Waals surface area contributed by atoms with Gasteiger partial charge < -0.3 is 0 Å². The lowest BCUT2D eigenvalue weighted by Gasteiger charge is -1.94. The smallest absolute Gasteiger partial charge is 0.0758 e. The molecule has 0 heterocycles. The summed E-state index contributed by atoms with van der Waals surface area (Å²) in [6.07, 6.45) is 1.76. The Bertz CT molecular complexity index is 243. The summed E-state index contributed by atoms with van der Waals surface area (Å²) >= 11 is 4.22. The predicted octanol–water partition coefficient (Wildman–Crippen LogP) is 2.70. The van der Waals surface area contributed by atoms with Crippen LogP contribution in [0.2, 0.25) is 0 Å². The van der Waals surface area contributed by atoms with Gasteiger partial charge in [-0.25, -0.2) is 0 Å². The predicted molar refractivity (Wildman–Crippen MR) is 47.5 cm³/mol. The summed E-state index contributed by atoms with van der Waals surface area (Å²) in [6.45, 7) is 1.89. The largest absolute Gasteiger partial charge is 0.260 e. The van der Waals surface area contributed by atoms with Crippen molar-refractivity contribution in [1.82, 2.24) is 0 Å². The van der Waals surface area contributed by atoms with Gasteiger partial charge >= 0.3 is 0 Å². The molecule has 0 saturated carbocycles. The molecule has 1 nitrogen and oxygen atoms in total. The molecule has 52 valence electrons. The minimum Gasteiger partial charge on any atom is -0.260 e. The molecule has 0 spiro atoms. The van der Waals surface area contributed by atoms with Crippen molar-refractivity contribution >= 4 is 24.5 Å². The van der Waals surface area contributed by atoms with Gasteiger partial charge in [0.2, 0.25) is 0 Å². The van der Waals surface area contributed by atoms with E-state index in [9.17, 15) is 0 Å². The van der Waals surface area contributed by atoms with Crippen LogP contribution in [0.25, 0.3) is 0 Å². The van der Waals surface area contributed by atoms with Crippen molar-refractivity contribution in [2.24, 2.45) is 4.99 Å². The van der Waals surface area contributed by atoms with Gasteiger partial charge in [0, 0.05) is 11.1 Å². The van der Waals surface area contributed by atoms with Crippen molar-refractivity contribution in [2.75, 3.05) is 0 Å². The number of thiol groups is 1. The molecule has 1 rings (SSSR count). The summed E-state index contributed by atoms with van der Waals surface area (Å²) in [4.78, 5) is 5.02. The molecule has 0 fully saturated rings. The van der Waals surface area contributed by atoms with Crippen molar-refractivity contribution in [3.63, 3.8) is 0 Å². The maximum Gasteiger partial charge on any atom is 0.0758 e. The van der Waals surface area contributed by atoms with Crippen LogP contribution >= 0.6 is 12.6 Å². The quantitative estimate of drug-likeness (QED) is 0.468. The first kappa shape index (κ1) is 7.35. The Balaban J connectivity index is 3.03. The summed E-state index contributed by atoms with van der Waals surface area (Å²) in [7, 11) is 0. The number of hydrogen-bond acceptors (Lipinski definition) is 2. The van der Waals surface area contributed by atoms with E-state index in [0.717, 1.165) is 10.6 Å². The SMILES string of the molecule is CC=Nc1ccccc1S. The lowest BCUT2D eigenvalue weighted by molar-refractivity contribution is 1.39. The second kappa shape index (κ2) is 3.42. The molecule has 1 aromatic rings. The summed E-state index contributed by atoms with van der Waals surface area (Å²) in [5, 5.41) is 0. The zero-order valence-electron chi connectivity index (χ0n) is 5.78. The number of aliphatic imine (C=N–C) groups is 1. The summed E-state index contributed by atoms with van der Waals surface area (Å²) < 4.78 is 0. The van der Waals surface area contributed by atoms with Crippen LogP contribution in [0.4, 0.5) is 5.69 Å². The Morgan fingerprint density at radius 3 is 2.70 bits per heavy atom. The zero-order chi connectivity index (χ0) is 7.40. The molecule has 0 radical (unpaired) electrons. The topological polar surface area (TPSA) is 12.4 Å². The van der Waals surface area contributed by atoms with Crippen molar-refractivity contribution in [1.29, 1.82) is 0 Å². The van der Waals surface area contributed by atoms with Gasteiger partial charge in [0.1, 0.15) is 0 Å². The second-order valence-electron chi connectivity index (χ2n) is 1.88. The van der Waals surface area contributed by atoms with Crippen LogP contribution < -0.4 is 0 Å². The first-order valence-electron chi connectivity index (χ1n) is 3.11. The van der Waals surface area contributed by atoms with E-state index in [2.05, 4.69) is 17.6 Å². The van der Waals surface area contributed by atoms with Crippen LogP contribution in [0.15, 0.2) is 34.2 Å². The lowest BCUT2D eigenvalue weighted by Crippen LogP contribution is -1.67. The van der Waals surface area contributed by atoms with Crippen molar-refractivity contribution < 1.29 is 0 Å². The third kappa shape index (κ3) is 1.61. The van der Waals surface area contributed by atoms with E-state index in [0.29, 0.717) is 0 Å². The van der Waals surface area contributed by atoms with Gasteiger partial charge in [0.15, 0.2) is 0 Å². The van der Waals surface area contributed by atoms with Crippen LogP contribution in [0.5, 0.6) is 0 Å². The van der Waals surface area contributed by atoms with E-state index in [-0.39, 0.29) is 0 Å². The molecular formula is C8H9NS. The molecular weight excluding hydrogens is 142 g/mol. The van der Waals surface area contributed by atoms with Crippen LogP contribution in [-0.2, 0) is 0 Å². The monoisotopic (exact) mass is 151 g/mol. The summed E-state index contributed by atoms with van der Waals surface area (Å²) in [5.41, 5.74) is 0.924. The Morgan fingerprint density at radius 1 is 1.40 bits per heavy atom. The van der Waals surface area contributed by atoms with Gasteiger partial charge in [0.25, 0.3) is 0 Å². The highest BCUT2D eigenvalue weighted by atomic mass is 32.1. The van der Waals surface area contributed by atoms with E-state index in [1.165, 1.54) is 0 Å². The van der Waals surface area contributed by atoms with Crippen molar-refractivity contribution in [3.05, 3.63) is 24.3 Å². The van der Waals surface area contributed by atoms with Crippen LogP contribution in [0.3, 0.4) is 0 Å². The maximum absolute atomic E-state index is 4.22. The van der Waals surface area contributed by atoms with Crippen LogP contribution in [-0.4, -0.2) is 6.21 Å². The molecule has 2 heteroatoms. The standard InChI is InChI=1S/C8H9NS/c1-2-9-7-5-3-4-6-8(7)10/h2-6,10H,1H3. The fourth-order valence-electron chi connectivity index (χ4n) is 0.712. The van der Waals surface area contributed by atoms with Gasteiger partial charge in [-0.2, -0.15) is 0 Å². The zero-order valence-corrected chi connectivity index (χ0v) is 6.68. The Hall–Kier alpha value is -0.760. The average Bonchev–Trinajstić information content (AvgIpc) is 1.94. The minimum absolute atomic E-state index is 0.917. The third-order valence-corrected chi connectivity index (χ3v) is 1.53. The summed E-state index contributed by atoms with van der Waals surface area (Å²) in [6, 6.07) is 7.74. The van der Waals surface area contributed by atoms with Crippen LogP contribution in [0.1, 0.15) is 6.92 Å². The normalized spacial score (nSPS) is 10.6. The molecule has 0 unspecified atom stereocenters. The van der Waals surface area contributed by atoms with E-state index in [4.69, 9.17) is 0 Å². The number of para-hydroxylation sites is 1. The lowest BCUT2D eigenvalue weighted by atomic mass is 10.3. The van der Waals surface area contributed by atoms with Gasteiger partial charge in [-0.05, 0) is 19.1 Å². The first-order valence-corrected chi connectivity index (χ1v) is 3.56. The van der Waals surface area contributed by atoms with Crippen LogP contribution in [0, 0.1) is 0 Å². The Kier molecular flexibility index (Phi) is 2.51. The molecule has 1 aromatic carbocycles. The Morgan fingerprint density at radius 2 is 2.10 bits per heavy atom. The van der Waals surface area contributed by atoms with Crippen molar-refractivity contribution in [2.45, 2.75) is 11.8 Å². The Labute approximate surface area is 66.2 Å². The molecule has 0 aliphatic carbocycles. The van der Waals surface area contributed by atoms with E-state index in [1.54, 1.807) is 6.21 Å².